The van der Waals surface area contributed by atoms with Crippen LogP contribution in [0.4, 0.5) is 9.18 Å². The number of ether oxygens (including phenoxy) is 1. The number of carbonyl (C=O) groups excluding carboxylic acids is 1. The van der Waals surface area contributed by atoms with Crippen LogP contribution in [-0.4, -0.2) is 13.0 Å². The quantitative estimate of drug-likeness (QED) is 0.442. The summed E-state index contributed by atoms with van der Waals surface area (Å²) in [6.45, 7) is -1.33. The molecule has 0 fully saturated rings. The zero-order chi connectivity index (χ0) is 4.99. The number of alkyl halides is 1. The molecule has 35 valence electrons. The van der Waals surface area contributed by atoms with Crippen LogP contribution in [-0.2, 0) is 9.84 Å². The molecule has 6 heavy (non-hydrogen) atoms. The molecule has 0 spiro atoms. The number of hydrogen-bond donors (Lipinski definition) is 0. The summed E-state index contributed by atoms with van der Waals surface area (Å²) in [5.41, 5.74) is 0. The molecule has 0 bridgehead atoms. The summed E-state index contributed by atoms with van der Waals surface area (Å²) in [6, 6.07) is 0. The highest BCUT2D eigenvalue weighted by Gasteiger charge is 1.93. The molecule has 0 aliphatic carbocycles. The summed E-state index contributed by atoms with van der Waals surface area (Å²) < 4.78 is 13.8. The highest BCUT2D eigenvalue weighted by molar-refractivity contribution is 5.55. The molecule has 0 aromatic carbocycles. The molecule has 0 aliphatic rings. The highest BCUT2D eigenvalue weighted by atomic mass is 19.1. The molecule has 4 heteroatoms. The third-order valence-corrected chi connectivity index (χ3v) is 0.172. The van der Waals surface area contributed by atoms with Gasteiger partial charge in [-0.15, -0.1) is 0 Å². The molecule has 0 atom stereocenters. The van der Waals surface area contributed by atoms with E-state index in [1.165, 1.54) is 0 Å². The largest absolute Gasteiger partial charge is 0.552 e. The van der Waals surface area contributed by atoms with Crippen LogP contribution in [0.1, 0.15) is 0 Å². The molecular weight excluding hydrogens is 91.0 g/mol. The normalized spacial score (nSPS) is 7.50. The lowest BCUT2D eigenvalue weighted by atomic mass is 11.3. The van der Waals surface area contributed by atoms with Crippen LogP contribution < -0.4 is 0 Å². The zero-order valence-electron chi connectivity index (χ0n) is 2.81. The van der Waals surface area contributed by atoms with E-state index in [1.54, 1.807) is 0 Å². The van der Waals surface area contributed by atoms with E-state index in [9.17, 15) is 4.39 Å². The topological polar surface area (TPSA) is 46.2 Å². The molecular formula is C2H2FO3. The Balaban J connectivity index is 2.83. The summed E-state index contributed by atoms with van der Waals surface area (Å²) >= 11 is 0. The molecule has 0 unspecified atom stereocenters. The van der Waals surface area contributed by atoms with Gasteiger partial charge >= 0.3 is 6.16 Å². The maximum Gasteiger partial charge on any atom is 0.552 e. The lowest BCUT2D eigenvalue weighted by Crippen LogP contribution is -1.94. The monoisotopic (exact) mass is 93.0 g/mol. The molecule has 0 aromatic rings. The van der Waals surface area contributed by atoms with Crippen LogP contribution in [0.25, 0.3) is 0 Å². The SMILES string of the molecule is [O]C(=O)OCF. The van der Waals surface area contributed by atoms with E-state index in [4.69, 9.17) is 9.90 Å². The third-order valence-electron chi connectivity index (χ3n) is 0.172. The second-order valence-corrected chi connectivity index (χ2v) is 0.503. The predicted molar refractivity (Wildman–Crippen MR) is 13.1 cm³/mol. The van der Waals surface area contributed by atoms with Crippen molar-refractivity contribution in [3.8, 4) is 0 Å². The van der Waals surface area contributed by atoms with E-state index >= 15 is 0 Å². The Kier molecular flexibility index (Phi) is 2.11. The van der Waals surface area contributed by atoms with E-state index in [0.29, 0.717) is 0 Å². The first kappa shape index (κ1) is 5.20. The van der Waals surface area contributed by atoms with Crippen molar-refractivity contribution in [1.29, 1.82) is 0 Å². The molecule has 0 amide bonds. The van der Waals surface area contributed by atoms with E-state index in [0.717, 1.165) is 0 Å². The lowest BCUT2D eigenvalue weighted by Gasteiger charge is -1.81. The molecule has 0 aliphatic heterocycles. The van der Waals surface area contributed by atoms with Crippen LogP contribution in [0.3, 0.4) is 0 Å². The highest BCUT2D eigenvalue weighted by Crippen LogP contribution is 1.73. The fraction of sp³-hybridized carbons (Fsp3) is 0.500. The molecule has 0 saturated carbocycles. The molecule has 0 saturated heterocycles. The first-order valence-corrected chi connectivity index (χ1v) is 1.17. The minimum atomic E-state index is -1.84. The van der Waals surface area contributed by atoms with Crippen LogP contribution >= 0.6 is 0 Å². The van der Waals surface area contributed by atoms with Crippen LogP contribution in [0.15, 0.2) is 0 Å². The van der Waals surface area contributed by atoms with Crippen molar-refractivity contribution in [3.05, 3.63) is 0 Å². The van der Waals surface area contributed by atoms with Crippen LogP contribution in [0, 0.1) is 0 Å². The zero-order valence-corrected chi connectivity index (χ0v) is 2.81. The average Bonchev–Trinajstić information content (AvgIpc) is 1.35. The van der Waals surface area contributed by atoms with Crippen molar-refractivity contribution in [2.24, 2.45) is 0 Å². The second kappa shape index (κ2) is 2.44. The Morgan fingerprint density at radius 1 is 1.83 bits per heavy atom. The molecule has 0 heterocycles. The molecule has 0 N–H and O–H groups in total. The average molecular weight is 93.0 g/mol. The Bertz CT molecular complexity index is 52.8. The van der Waals surface area contributed by atoms with Crippen molar-refractivity contribution < 1.29 is 19.0 Å². The smallest absolute Gasteiger partial charge is 0.400 e. The Morgan fingerprint density at radius 2 is 2.33 bits per heavy atom. The maximum absolute atomic E-state index is 10.6. The fourth-order valence-electron chi connectivity index (χ4n) is 0.0445. The van der Waals surface area contributed by atoms with Gasteiger partial charge in [0, 0.05) is 0 Å². The van der Waals surface area contributed by atoms with Gasteiger partial charge in [-0.25, -0.2) is 4.39 Å². The van der Waals surface area contributed by atoms with Crippen molar-refractivity contribution in [1.82, 2.24) is 0 Å². The van der Waals surface area contributed by atoms with Crippen LogP contribution in [0.2, 0.25) is 0 Å². The summed E-state index contributed by atoms with van der Waals surface area (Å²) in [4.78, 5) is 9.03. The minimum absolute atomic E-state index is 1.33. The van der Waals surface area contributed by atoms with Gasteiger partial charge in [0.2, 0.25) is 6.86 Å². The van der Waals surface area contributed by atoms with Gasteiger partial charge in [-0.2, -0.15) is 9.90 Å². The molecule has 3 nitrogen and oxygen atoms in total. The van der Waals surface area contributed by atoms with Crippen molar-refractivity contribution in [3.63, 3.8) is 0 Å². The molecule has 0 rings (SSSR count). The lowest BCUT2D eigenvalue weighted by molar-refractivity contribution is 0.0356. The van der Waals surface area contributed by atoms with Crippen molar-refractivity contribution in [2.45, 2.75) is 0 Å². The molecule has 1 radical (unpaired) electrons. The van der Waals surface area contributed by atoms with Gasteiger partial charge in [0.05, 0.1) is 0 Å². The number of halogens is 1. The number of hydrogen-bond acceptors (Lipinski definition) is 2. The van der Waals surface area contributed by atoms with Gasteiger partial charge in [0.1, 0.15) is 0 Å². The van der Waals surface area contributed by atoms with Crippen molar-refractivity contribution >= 4 is 6.16 Å². The predicted octanol–water partition coefficient (Wildman–Crippen LogP) is 0.481. The van der Waals surface area contributed by atoms with E-state index < -0.39 is 13.0 Å². The van der Waals surface area contributed by atoms with Crippen LogP contribution in [0.5, 0.6) is 0 Å². The van der Waals surface area contributed by atoms with E-state index in [2.05, 4.69) is 4.74 Å². The fourth-order valence-corrected chi connectivity index (χ4v) is 0.0445. The summed E-state index contributed by atoms with van der Waals surface area (Å²) in [6.07, 6.45) is -1.84. The first-order chi connectivity index (χ1) is 2.77. The number of carbonyl (C=O) groups is 1. The first-order valence-electron chi connectivity index (χ1n) is 1.17. The van der Waals surface area contributed by atoms with Gasteiger partial charge in [-0.1, -0.05) is 0 Å². The Morgan fingerprint density at radius 3 is 2.33 bits per heavy atom. The number of rotatable bonds is 1. The van der Waals surface area contributed by atoms with Gasteiger partial charge in [0.25, 0.3) is 0 Å². The Labute approximate surface area is 33.3 Å². The summed E-state index contributed by atoms with van der Waals surface area (Å²) in [5, 5.41) is 9.03. The molecule has 0 aromatic heterocycles. The Hall–Kier alpha value is -0.800. The third kappa shape index (κ3) is 3.20. The van der Waals surface area contributed by atoms with Gasteiger partial charge < -0.3 is 4.74 Å². The van der Waals surface area contributed by atoms with Crippen molar-refractivity contribution in [2.75, 3.05) is 6.86 Å². The van der Waals surface area contributed by atoms with E-state index in [-0.39, 0.29) is 0 Å². The maximum atomic E-state index is 10.6. The van der Waals surface area contributed by atoms with Gasteiger partial charge in [-0.3, -0.25) is 0 Å². The van der Waals surface area contributed by atoms with E-state index in [1.807, 2.05) is 0 Å². The second-order valence-electron chi connectivity index (χ2n) is 0.503. The minimum Gasteiger partial charge on any atom is -0.400 e. The summed E-state index contributed by atoms with van der Waals surface area (Å²) in [7, 11) is 0. The van der Waals surface area contributed by atoms with Gasteiger partial charge in [-0.05, 0) is 0 Å². The standard InChI is InChI=1S/C2H2FO3/c3-1-6-2(4)5/h1H2. The van der Waals surface area contributed by atoms with Gasteiger partial charge in [0.15, 0.2) is 0 Å². The summed E-state index contributed by atoms with van der Waals surface area (Å²) in [5.74, 6) is 0.